The minimum absolute atomic E-state index is 0. The van der Waals surface area contributed by atoms with Crippen molar-refractivity contribution in [2.24, 2.45) is 10.9 Å². The van der Waals surface area contributed by atoms with Gasteiger partial charge in [-0.1, -0.05) is 30.3 Å². The first-order valence-corrected chi connectivity index (χ1v) is 11.2. The number of piperidine rings is 1. The highest BCUT2D eigenvalue weighted by Gasteiger charge is 2.26. The summed E-state index contributed by atoms with van der Waals surface area (Å²) >= 11 is 0. The fourth-order valence-corrected chi connectivity index (χ4v) is 3.82. The Morgan fingerprint density at radius 3 is 2.70 bits per heavy atom. The Hall–Kier alpha value is -0.900. The van der Waals surface area contributed by atoms with Crippen molar-refractivity contribution in [2.45, 2.75) is 64.3 Å². The van der Waals surface area contributed by atoms with Crippen LogP contribution < -0.4 is 10.6 Å². The lowest BCUT2D eigenvalue weighted by Gasteiger charge is -2.38. The summed E-state index contributed by atoms with van der Waals surface area (Å²) < 4.78 is 5.57. The van der Waals surface area contributed by atoms with Gasteiger partial charge in [0.15, 0.2) is 5.96 Å². The molecular weight excluding hydrogens is 491 g/mol. The maximum Gasteiger partial charge on any atom is 0.191 e. The van der Waals surface area contributed by atoms with Crippen LogP contribution in [0.5, 0.6) is 0 Å². The van der Waals surface area contributed by atoms with Crippen molar-refractivity contribution in [3.05, 3.63) is 35.9 Å². The Bertz CT molecular complexity index is 627. The van der Waals surface area contributed by atoms with Gasteiger partial charge in [0.2, 0.25) is 0 Å². The average molecular weight is 530 g/mol. The third kappa shape index (κ3) is 9.08. The zero-order chi connectivity index (χ0) is 20.5. The van der Waals surface area contributed by atoms with Crippen LogP contribution in [0.4, 0.5) is 0 Å². The van der Waals surface area contributed by atoms with Gasteiger partial charge in [-0.25, -0.2) is 0 Å². The smallest absolute Gasteiger partial charge is 0.191 e. The molecule has 2 fully saturated rings. The molecule has 1 saturated carbocycles. The molecule has 0 amide bonds. The van der Waals surface area contributed by atoms with Crippen molar-refractivity contribution in [1.82, 2.24) is 15.5 Å². The lowest BCUT2D eigenvalue weighted by atomic mass is 9.97. The average Bonchev–Trinajstić information content (AvgIpc) is 3.54. The van der Waals surface area contributed by atoms with Gasteiger partial charge >= 0.3 is 0 Å². The Morgan fingerprint density at radius 1 is 1.27 bits per heavy atom. The van der Waals surface area contributed by atoms with Crippen molar-refractivity contribution in [3.63, 3.8) is 0 Å². The number of hydrogen-bond donors (Lipinski definition) is 3. The Kier molecular flexibility index (Phi) is 11.4. The number of nitrogens with one attached hydrogen (secondary N) is 2. The number of benzene rings is 1. The third-order valence-electron chi connectivity index (χ3n) is 5.75. The van der Waals surface area contributed by atoms with Gasteiger partial charge in [0, 0.05) is 38.3 Å². The second-order valence-electron chi connectivity index (χ2n) is 8.53. The van der Waals surface area contributed by atoms with Crippen LogP contribution in [-0.2, 0) is 11.3 Å². The van der Waals surface area contributed by atoms with Gasteiger partial charge in [0.1, 0.15) is 0 Å². The van der Waals surface area contributed by atoms with Gasteiger partial charge < -0.3 is 20.5 Å². The van der Waals surface area contributed by atoms with E-state index in [0.29, 0.717) is 25.2 Å². The quantitative estimate of drug-likeness (QED) is 0.247. The number of aliphatic hydroxyl groups is 1. The molecule has 3 unspecified atom stereocenters. The topological polar surface area (TPSA) is 69.1 Å². The largest absolute Gasteiger partial charge is 0.389 e. The molecule has 7 heteroatoms. The Labute approximate surface area is 198 Å². The molecule has 0 spiro atoms. The first-order valence-electron chi connectivity index (χ1n) is 11.2. The zero-order valence-electron chi connectivity index (χ0n) is 18.4. The second-order valence-corrected chi connectivity index (χ2v) is 8.53. The van der Waals surface area contributed by atoms with Gasteiger partial charge in [-0.05, 0) is 51.0 Å². The fraction of sp³-hybridized carbons (Fsp3) is 0.696. The molecule has 3 rings (SSSR count). The summed E-state index contributed by atoms with van der Waals surface area (Å²) in [4.78, 5) is 7.14. The van der Waals surface area contributed by atoms with Crippen LogP contribution in [0.2, 0.25) is 0 Å². The maximum absolute atomic E-state index is 10.1. The molecule has 2 aliphatic rings. The number of aliphatic imine (C=N–C) groups is 1. The highest BCUT2D eigenvalue weighted by molar-refractivity contribution is 14.0. The van der Waals surface area contributed by atoms with Gasteiger partial charge in [-0.15, -0.1) is 24.0 Å². The van der Waals surface area contributed by atoms with E-state index in [-0.39, 0.29) is 24.0 Å². The molecule has 30 heavy (non-hydrogen) atoms. The first-order chi connectivity index (χ1) is 14.1. The van der Waals surface area contributed by atoms with E-state index in [9.17, 15) is 5.11 Å². The van der Waals surface area contributed by atoms with E-state index in [1.165, 1.54) is 18.4 Å². The molecule has 0 aromatic heterocycles. The van der Waals surface area contributed by atoms with E-state index in [4.69, 9.17) is 4.74 Å². The summed E-state index contributed by atoms with van der Waals surface area (Å²) in [5.74, 6) is 1.52. The van der Waals surface area contributed by atoms with E-state index >= 15 is 0 Å². The predicted molar refractivity (Wildman–Crippen MR) is 133 cm³/mol. The number of likely N-dealkylation sites (tertiary alicyclic amines) is 1. The molecule has 1 aliphatic carbocycles. The molecule has 170 valence electrons. The number of rotatable bonds is 10. The summed E-state index contributed by atoms with van der Waals surface area (Å²) in [5.41, 5.74) is 1.37. The minimum Gasteiger partial charge on any atom is -0.389 e. The van der Waals surface area contributed by atoms with Crippen molar-refractivity contribution in [2.75, 3.05) is 32.8 Å². The Balaban J connectivity index is 0.00000320. The zero-order valence-corrected chi connectivity index (χ0v) is 20.8. The summed E-state index contributed by atoms with van der Waals surface area (Å²) in [5, 5.41) is 17.0. The highest BCUT2D eigenvalue weighted by atomic mass is 127. The number of guanidine groups is 1. The molecule has 1 heterocycles. The van der Waals surface area contributed by atoms with Crippen molar-refractivity contribution >= 4 is 29.9 Å². The lowest BCUT2D eigenvalue weighted by molar-refractivity contribution is 0.0368. The highest BCUT2D eigenvalue weighted by Crippen LogP contribution is 2.28. The van der Waals surface area contributed by atoms with Gasteiger partial charge in [-0.3, -0.25) is 9.89 Å². The lowest BCUT2D eigenvalue weighted by Crippen LogP contribution is -2.51. The molecule has 1 aromatic rings. The predicted octanol–water partition coefficient (Wildman–Crippen LogP) is 3.00. The molecule has 0 radical (unpaired) electrons. The molecule has 0 bridgehead atoms. The van der Waals surface area contributed by atoms with Gasteiger partial charge in [0.25, 0.3) is 0 Å². The van der Waals surface area contributed by atoms with E-state index in [1.54, 1.807) is 0 Å². The molecule has 1 saturated heterocycles. The van der Waals surface area contributed by atoms with Crippen LogP contribution in [-0.4, -0.2) is 67.0 Å². The van der Waals surface area contributed by atoms with Crippen LogP contribution in [0.25, 0.3) is 0 Å². The number of halogens is 1. The van der Waals surface area contributed by atoms with Crippen LogP contribution in [0.3, 0.4) is 0 Å². The number of hydrogen-bond acceptors (Lipinski definition) is 4. The monoisotopic (exact) mass is 530 g/mol. The summed E-state index contributed by atoms with van der Waals surface area (Å²) in [6.07, 6.45) is 4.17. The SMILES string of the molecule is CCNC(=NCC(O)COCC1CC1)NC1CCN(Cc2ccccc2)C(C)C1.I. The maximum atomic E-state index is 10.1. The van der Waals surface area contributed by atoms with Crippen LogP contribution in [0, 0.1) is 5.92 Å². The standard InChI is InChI=1S/C23H38N4O2.HI/c1-3-24-23(25-14-22(28)17-29-16-20-9-10-20)26-21-11-12-27(18(2)13-21)15-19-7-5-4-6-8-19;/h4-8,18,20-22,28H,3,9-17H2,1-2H3,(H2,24,25,26);1H. The summed E-state index contributed by atoms with van der Waals surface area (Å²) in [7, 11) is 0. The number of aliphatic hydroxyl groups excluding tert-OH is 1. The van der Waals surface area contributed by atoms with E-state index in [2.05, 4.69) is 64.7 Å². The fourth-order valence-electron chi connectivity index (χ4n) is 3.82. The van der Waals surface area contributed by atoms with Gasteiger partial charge in [0.05, 0.1) is 19.3 Å². The normalized spacial score (nSPS) is 23.5. The van der Waals surface area contributed by atoms with Crippen LogP contribution in [0.15, 0.2) is 35.3 Å². The van der Waals surface area contributed by atoms with Crippen molar-refractivity contribution in [1.29, 1.82) is 0 Å². The molecule has 3 N–H and O–H groups in total. The molecular formula is C23H39IN4O2. The van der Waals surface area contributed by atoms with Crippen molar-refractivity contribution in [3.8, 4) is 0 Å². The third-order valence-corrected chi connectivity index (χ3v) is 5.75. The number of nitrogens with zero attached hydrogens (tertiary/aromatic N) is 2. The van der Waals surface area contributed by atoms with Crippen LogP contribution >= 0.6 is 24.0 Å². The van der Waals surface area contributed by atoms with E-state index < -0.39 is 6.10 Å². The number of ether oxygens (including phenoxy) is 1. The van der Waals surface area contributed by atoms with Crippen LogP contribution in [0.1, 0.15) is 45.1 Å². The van der Waals surface area contributed by atoms with E-state index in [0.717, 1.165) is 51.0 Å². The van der Waals surface area contributed by atoms with E-state index in [1.807, 2.05) is 0 Å². The molecule has 6 nitrogen and oxygen atoms in total. The molecule has 1 aromatic carbocycles. The van der Waals surface area contributed by atoms with Crippen molar-refractivity contribution < 1.29 is 9.84 Å². The minimum atomic E-state index is -0.546. The first kappa shape index (κ1) is 25.4. The second kappa shape index (κ2) is 13.5. The summed E-state index contributed by atoms with van der Waals surface area (Å²) in [6, 6.07) is 11.6. The summed E-state index contributed by atoms with van der Waals surface area (Å²) in [6.45, 7) is 8.78. The Morgan fingerprint density at radius 2 is 2.03 bits per heavy atom. The van der Waals surface area contributed by atoms with Gasteiger partial charge in [-0.2, -0.15) is 0 Å². The molecule has 1 aliphatic heterocycles. The molecule has 3 atom stereocenters.